The van der Waals surface area contributed by atoms with Crippen LogP contribution in [0, 0.1) is 6.92 Å². The number of hydrogen-bond donors (Lipinski definition) is 0. The molecule has 0 aliphatic heterocycles. The monoisotopic (exact) mass is 452 g/mol. The number of thioether (sulfide) groups is 1. The highest BCUT2D eigenvalue weighted by Crippen LogP contribution is 2.34. The van der Waals surface area contributed by atoms with E-state index in [4.69, 9.17) is 4.74 Å². The van der Waals surface area contributed by atoms with Gasteiger partial charge in [0.05, 0.1) is 12.2 Å². The second-order valence-corrected chi connectivity index (χ2v) is 9.09. The van der Waals surface area contributed by atoms with E-state index in [1.54, 1.807) is 0 Å². The third-order valence-corrected chi connectivity index (χ3v) is 6.56. The second-order valence-electron chi connectivity index (χ2n) is 7.92. The van der Waals surface area contributed by atoms with Crippen molar-refractivity contribution in [3.8, 4) is 0 Å². The molecule has 0 heterocycles. The maximum Gasteiger partial charge on any atom is 0.338 e. The lowest BCUT2D eigenvalue weighted by Crippen LogP contribution is -2.09. The minimum atomic E-state index is -0.275. The first-order valence-electron chi connectivity index (χ1n) is 11.3. The molecule has 3 heteroatoms. The highest BCUT2D eigenvalue weighted by molar-refractivity contribution is 7.99. The van der Waals surface area contributed by atoms with Crippen molar-refractivity contribution >= 4 is 40.2 Å². The molecule has 0 bridgehead atoms. The smallest absolute Gasteiger partial charge is 0.338 e. The van der Waals surface area contributed by atoms with Crippen molar-refractivity contribution in [1.82, 2.24) is 0 Å². The zero-order valence-corrected chi connectivity index (χ0v) is 19.9. The third-order valence-electron chi connectivity index (χ3n) is 5.55. The van der Waals surface area contributed by atoms with Crippen molar-refractivity contribution in [3.63, 3.8) is 0 Å². The van der Waals surface area contributed by atoms with E-state index >= 15 is 0 Å². The maximum absolute atomic E-state index is 12.9. The van der Waals surface area contributed by atoms with Gasteiger partial charge in [0.25, 0.3) is 0 Å². The van der Waals surface area contributed by atoms with Gasteiger partial charge >= 0.3 is 5.97 Å². The summed E-state index contributed by atoms with van der Waals surface area (Å²) in [6.45, 7) is 4.30. The molecule has 0 N–H and O–H groups in total. The molecule has 0 spiro atoms. The molecule has 4 aromatic carbocycles. The molecular formula is C30H28O2S. The van der Waals surface area contributed by atoms with Crippen molar-refractivity contribution in [2.75, 3.05) is 12.4 Å². The fourth-order valence-electron chi connectivity index (χ4n) is 3.93. The van der Waals surface area contributed by atoms with E-state index in [0.29, 0.717) is 12.2 Å². The molecule has 2 nitrogen and oxygen atoms in total. The zero-order chi connectivity index (χ0) is 23.0. The Morgan fingerprint density at radius 3 is 2.36 bits per heavy atom. The number of carbonyl (C=O) groups is 1. The first kappa shape index (κ1) is 22.9. The molecule has 0 aliphatic rings. The van der Waals surface area contributed by atoms with Gasteiger partial charge in [-0.25, -0.2) is 4.79 Å². The molecule has 0 saturated carbocycles. The van der Waals surface area contributed by atoms with Gasteiger partial charge in [-0.15, -0.1) is 11.8 Å². The molecule has 4 rings (SSSR count). The molecule has 166 valence electrons. The van der Waals surface area contributed by atoms with Crippen LogP contribution in [0.15, 0.2) is 95.9 Å². The van der Waals surface area contributed by atoms with E-state index in [0.717, 1.165) is 39.6 Å². The maximum atomic E-state index is 12.9. The summed E-state index contributed by atoms with van der Waals surface area (Å²) in [6, 6.07) is 31.1. The molecule has 0 radical (unpaired) electrons. The number of rotatable bonds is 8. The number of aryl methyl sites for hydroxylation is 1. The van der Waals surface area contributed by atoms with Crippen LogP contribution in [0.25, 0.3) is 22.4 Å². The third kappa shape index (κ3) is 5.74. The first-order chi connectivity index (χ1) is 16.2. The van der Waals surface area contributed by atoms with Gasteiger partial charge in [0.15, 0.2) is 0 Å². The van der Waals surface area contributed by atoms with Gasteiger partial charge in [0.1, 0.15) is 0 Å². The Hall–Kier alpha value is -3.30. The van der Waals surface area contributed by atoms with Gasteiger partial charge in [-0.05, 0) is 60.4 Å². The van der Waals surface area contributed by atoms with Gasteiger partial charge in [0, 0.05) is 16.2 Å². The van der Waals surface area contributed by atoms with Gasteiger partial charge in [-0.2, -0.15) is 0 Å². The van der Waals surface area contributed by atoms with Crippen LogP contribution in [-0.4, -0.2) is 18.3 Å². The summed E-state index contributed by atoms with van der Waals surface area (Å²) < 4.78 is 5.43. The van der Waals surface area contributed by atoms with Crippen molar-refractivity contribution in [3.05, 3.63) is 113 Å². The molecule has 0 aliphatic carbocycles. The molecule has 0 amide bonds. The lowest BCUT2D eigenvalue weighted by atomic mass is 9.90. The van der Waals surface area contributed by atoms with Crippen LogP contribution in [0.3, 0.4) is 0 Å². The minimum Gasteiger partial charge on any atom is -0.462 e. The Kier molecular flexibility index (Phi) is 7.64. The number of ether oxygens (including phenoxy) is 1. The van der Waals surface area contributed by atoms with Crippen molar-refractivity contribution < 1.29 is 9.53 Å². The lowest BCUT2D eigenvalue weighted by molar-refractivity contribution is 0.0526. The SMILES string of the molecule is CCOC(=O)c1ccc2ccccc2c1/C(=C\c1ccccc1)CCSc1ccc(C)cc1. The first-order valence-corrected chi connectivity index (χ1v) is 12.3. The average Bonchev–Trinajstić information content (AvgIpc) is 2.85. The molecule has 0 aromatic heterocycles. The van der Waals surface area contributed by atoms with Crippen molar-refractivity contribution in [2.45, 2.75) is 25.2 Å². The Bertz CT molecular complexity index is 1260. The Labute approximate surface area is 200 Å². The fourth-order valence-corrected chi connectivity index (χ4v) is 4.82. The highest BCUT2D eigenvalue weighted by atomic mass is 32.2. The Balaban J connectivity index is 1.77. The van der Waals surface area contributed by atoms with Gasteiger partial charge in [0.2, 0.25) is 0 Å². The van der Waals surface area contributed by atoms with Gasteiger partial charge in [-0.3, -0.25) is 0 Å². The van der Waals surface area contributed by atoms with Crippen molar-refractivity contribution in [2.24, 2.45) is 0 Å². The zero-order valence-electron chi connectivity index (χ0n) is 19.1. The number of hydrogen-bond acceptors (Lipinski definition) is 3. The van der Waals surface area contributed by atoms with E-state index in [-0.39, 0.29) is 5.97 Å². The number of fused-ring (bicyclic) bond motifs is 1. The van der Waals surface area contributed by atoms with Crippen LogP contribution in [0.1, 0.15) is 40.4 Å². The number of allylic oxidation sites excluding steroid dienone is 1. The van der Waals surface area contributed by atoms with E-state index in [2.05, 4.69) is 61.5 Å². The Morgan fingerprint density at radius 1 is 0.879 bits per heavy atom. The lowest BCUT2D eigenvalue weighted by Gasteiger charge is -2.16. The quantitative estimate of drug-likeness (QED) is 0.154. The van der Waals surface area contributed by atoms with E-state index in [9.17, 15) is 4.79 Å². The average molecular weight is 453 g/mol. The molecule has 33 heavy (non-hydrogen) atoms. The van der Waals surface area contributed by atoms with Gasteiger partial charge in [-0.1, -0.05) is 84.4 Å². The summed E-state index contributed by atoms with van der Waals surface area (Å²) in [5, 5.41) is 2.19. The predicted octanol–water partition coefficient (Wildman–Crippen LogP) is 8.05. The Morgan fingerprint density at radius 2 is 1.61 bits per heavy atom. The molecule has 0 fully saturated rings. The molecule has 0 atom stereocenters. The van der Waals surface area contributed by atoms with E-state index in [1.807, 2.05) is 61.2 Å². The number of benzene rings is 4. The summed E-state index contributed by atoms with van der Waals surface area (Å²) in [7, 11) is 0. The van der Waals surface area contributed by atoms with Crippen molar-refractivity contribution in [1.29, 1.82) is 0 Å². The van der Waals surface area contributed by atoms with Crippen LogP contribution < -0.4 is 0 Å². The second kappa shape index (κ2) is 11.0. The summed E-state index contributed by atoms with van der Waals surface area (Å²) in [6.07, 6.45) is 3.04. The summed E-state index contributed by atoms with van der Waals surface area (Å²) >= 11 is 1.84. The summed E-state index contributed by atoms with van der Waals surface area (Å²) in [4.78, 5) is 14.2. The highest BCUT2D eigenvalue weighted by Gasteiger charge is 2.19. The predicted molar refractivity (Wildman–Crippen MR) is 141 cm³/mol. The number of carbonyl (C=O) groups excluding carboxylic acids is 1. The largest absolute Gasteiger partial charge is 0.462 e. The minimum absolute atomic E-state index is 0.275. The van der Waals surface area contributed by atoms with Crippen LogP contribution in [-0.2, 0) is 4.74 Å². The standard InChI is InChI=1S/C30H28O2S/c1-3-32-30(31)28-18-15-24-11-7-8-12-27(24)29(28)25(21-23-9-5-4-6-10-23)19-20-33-26-16-13-22(2)14-17-26/h4-18,21H,3,19-20H2,1-2H3/b25-21-. The van der Waals surface area contributed by atoms with E-state index in [1.165, 1.54) is 10.5 Å². The normalized spacial score (nSPS) is 11.5. The van der Waals surface area contributed by atoms with Gasteiger partial charge < -0.3 is 4.74 Å². The topological polar surface area (TPSA) is 26.3 Å². The molecule has 0 unspecified atom stereocenters. The van der Waals surface area contributed by atoms with Crippen LogP contribution in [0.2, 0.25) is 0 Å². The fraction of sp³-hybridized carbons (Fsp3) is 0.167. The molecule has 4 aromatic rings. The molecule has 0 saturated heterocycles. The summed E-state index contributed by atoms with van der Waals surface area (Å²) in [5.41, 5.74) is 5.12. The van der Waals surface area contributed by atoms with Crippen LogP contribution >= 0.6 is 11.8 Å². The molecular weight excluding hydrogens is 424 g/mol. The summed E-state index contributed by atoms with van der Waals surface area (Å²) in [5.74, 6) is 0.635. The number of esters is 1. The van der Waals surface area contributed by atoms with E-state index < -0.39 is 0 Å². The van der Waals surface area contributed by atoms with Crippen LogP contribution in [0.4, 0.5) is 0 Å². The van der Waals surface area contributed by atoms with Crippen LogP contribution in [0.5, 0.6) is 0 Å².